The van der Waals surface area contributed by atoms with Gasteiger partial charge in [0.15, 0.2) is 0 Å². The number of thiazole rings is 1. The predicted octanol–water partition coefficient (Wildman–Crippen LogP) is 5.37. The molecule has 2 saturated carbocycles. The molecule has 2 aliphatic rings. The molecule has 4 rings (SSSR count). The van der Waals surface area contributed by atoms with Crippen LogP contribution in [-0.2, 0) is 6.42 Å². The molecule has 0 aromatic carbocycles. The summed E-state index contributed by atoms with van der Waals surface area (Å²) in [6.07, 6.45) is 7.09. The highest BCUT2D eigenvalue weighted by atomic mass is 32.1. The Morgan fingerprint density at radius 2 is 2.09 bits per heavy atom. The number of hydrogen-bond acceptors (Lipinski definition) is 3. The minimum absolute atomic E-state index is 0.504. The summed E-state index contributed by atoms with van der Waals surface area (Å²) in [4.78, 5) is 11.1. The summed E-state index contributed by atoms with van der Waals surface area (Å²) in [6.45, 7) is 6.70. The summed E-state index contributed by atoms with van der Waals surface area (Å²) >= 11 is 1.98. The summed E-state index contributed by atoms with van der Waals surface area (Å²) in [6, 6.07) is 4.52. The van der Waals surface area contributed by atoms with Gasteiger partial charge in [-0.25, -0.2) is 4.98 Å². The lowest BCUT2D eigenvalue weighted by molar-refractivity contribution is 0.815. The van der Waals surface area contributed by atoms with Crippen LogP contribution in [0, 0.1) is 0 Å². The average Bonchev–Trinajstić information content (AvgIpc) is 3.45. The van der Waals surface area contributed by atoms with Crippen molar-refractivity contribution in [2.45, 2.75) is 70.1 Å². The van der Waals surface area contributed by atoms with Crippen LogP contribution in [0.2, 0.25) is 0 Å². The van der Waals surface area contributed by atoms with Crippen LogP contribution >= 0.6 is 11.3 Å². The Hall–Kier alpha value is -1.22. The molecule has 2 unspecified atom stereocenters. The standard InChI is InChI=1S/C19H24N2S/c1-4-17-18(21-19(22-17)12-5-6-12)15-10-14(15)13-7-8-20-16(9-13)11(2)3/h7-9,11-12,14-15H,4-6,10H2,1-3H3. The van der Waals surface area contributed by atoms with Crippen molar-refractivity contribution in [2.24, 2.45) is 0 Å². The first-order valence-corrected chi connectivity index (χ1v) is 9.44. The van der Waals surface area contributed by atoms with Gasteiger partial charge in [0.2, 0.25) is 0 Å². The van der Waals surface area contributed by atoms with Crippen molar-refractivity contribution in [3.63, 3.8) is 0 Å². The van der Waals surface area contributed by atoms with Gasteiger partial charge in [0.05, 0.1) is 10.7 Å². The second-order valence-corrected chi connectivity index (χ2v) is 8.22. The minimum atomic E-state index is 0.504. The van der Waals surface area contributed by atoms with E-state index in [-0.39, 0.29) is 0 Å². The lowest BCUT2D eigenvalue weighted by Gasteiger charge is -2.07. The second kappa shape index (κ2) is 5.45. The van der Waals surface area contributed by atoms with Crippen molar-refractivity contribution in [2.75, 3.05) is 0 Å². The van der Waals surface area contributed by atoms with E-state index in [1.807, 2.05) is 17.5 Å². The molecule has 0 spiro atoms. The van der Waals surface area contributed by atoms with E-state index in [0.717, 1.165) is 12.3 Å². The molecule has 0 amide bonds. The summed E-state index contributed by atoms with van der Waals surface area (Å²) in [5, 5.41) is 1.41. The molecule has 2 nitrogen and oxygen atoms in total. The highest BCUT2D eigenvalue weighted by Crippen LogP contribution is 2.56. The molecule has 0 N–H and O–H groups in total. The number of nitrogens with zero attached hydrogens (tertiary/aromatic N) is 2. The third-order valence-electron chi connectivity index (χ3n) is 4.96. The zero-order valence-corrected chi connectivity index (χ0v) is 14.5. The first-order valence-electron chi connectivity index (χ1n) is 8.62. The van der Waals surface area contributed by atoms with Crippen molar-refractivity contribution < 1.29 is 0 Å². The van der Waals surface area contributed by atoms with E-state index in [1.54, 1.807) is 0 Å². The summed E-state index contributed by atoms with van der Waals surface area (Å²) < 4.78 is 0. The van der Waals surface area contributed by atoms with E-state index in [2.05, 4.69) is 37.9 Å². The van der Waals surface area contributed by atoms with Gasteiger partial charge in [0, 0.05) is 28.6 Å². The fourth-order valence-electron chi connectivity index (χ4n) is 3.31. The molecule has 2 aromatic rings. The van der Waals surface area contributed by atoms with E-state index in [9.17, 15) is 0 Å². The van der Waals surface area contributed by atoms with Gasteiger partial charge in [-0.3, -0.25) is 4.98 Å². The zero-order chi connectivity index (χ0) is 15.3. The molecular weight excluding hydrogens is 288 g/mol. The minimum Gasteiger partial charge on any atom is -0.261 e. The monoisotopic (exact) mass is 312 g/mol. The van der Waals surface area contributed by atoms with Gasteiger partial charge < -0.3 is 0 Å². The van der Waals surface area contributed by atoms with Gasteiger partial charge >= 0.3 is 0 Å². The molecule has 0 aliphatic heterocycles. The van der Waals surface area contributed by atoms with Crippen LogP contribution in [0.3, 0.4) is 0 Å². The van der Waals surface area contributed by atoms with Crippen molar-refractivity contribution in [3.8, 4) is 0 Å². The van der Waals surface area contributed by atoms with E-state index in [0.29, 0.717) is 17.8 Å². The quantitative estimate of drug-likeness (QED) is 0.741. The summed E-state index contributed by atoms with van der Waals surface area (Å²) in [5.74, 6) is 2.61. The Labute approximate surface area is 137 Å². The molecule has 22 heavy (non-hydrogen) atoms. The average molecular weight is 312 g/mol. The van der Waals surface area contributed by atoms with Crippen LogP contribution in [0.25, 0.3) is 0 Å². The Balaban J connectivity index is 1.58. The van der Waals surface area contributed by atoms with Crippen molar-refractivity contribution >= 4 is 11.3 Å². The molecular formula is C19H24N2S. The smallest absolute Gasteiger partial charge is 0.0962 e. The predicted molar refractivity (Wildman–Crippen MR) is 91.9 cm³/mol. The van der Waals surface area contributed by atoms with E-state index >= 15 is 0 Å². The van der Waals surface area contributed by atoms with E-state index in [1.165, 1.54) is 46.1 Å². The molecule has 2 aliphatic carbocycles. The van der Waals surface area contributed by atoms with Crippen molar-refractivity contribution in [1.29, 1.82) is 0 Å². The molecule has 3 heteroatoms. The first kappa shape index (κ1) is 14.4. The normalized spacial score (nSPS) is 24.0. The maximum atomic E-state index is 5.04. The Morgan fingerprint density at radius 3 is 2.77 bits per heavy atom. The SMILES string of the molecule is CCc1sc(C2CC2)nc1C1CC1c1ccnc(C(C)C)c1. The van der Waals surface area contributed by atoms with Gasteiger partial charge in [-0.15, -0.1) is 11.3 Å². The third-order valence-corrected chi connectivity index (χ3v) is 6.34. The van der Waals surface area contributed by atoms with Gasteiger partial charge in [0.25, 0.3) is 0 Å². The van der Waals surface area contributed by atoms with Crippen LogP contribution < -0.4 is 0 Å². The van der Waals surface area contributed by atoms with Gasteiger partial charge in [-0.2, -0.15) is 0 Å². The Morgan fingerprint density at radius 1 is 1.27 bits per heavy atom. The highest BCUT2D eigenvalue weighted by molar-refractivity contribution is 7.11. The maximum absolute atomic E-state index is 5.04. The second-order valence-electron chi connectivity index (χ2n) is 7.11. The number of aromatic nitrogens is 2. The Bertz CT molecular complexity index is 684. The Kier molecular flexibility index (Phi) is 3.56. The van der Waals surface area contributed by atoms with E-state index < -0.39 is 0 Å². The number of hydrogen-bond donors (Lipinski definition) is 0. The topological polar surface area (TPSA) is 25.8 Å². The van der Waals surface area contributed by atoms with Gasteiger partial charge in [0.1, 0.15) is 0 Å². The highest BCUT2D eigenvalue weighted by Gasteiger charge is 2.43. The van der Waals surface area contributed by atoms with E-state index in [4.69, 9.17) is 4.98 Å². The molecule has 2 aromatic heterocycles. The molecule has 0 radical (unpaired) electrons. The van der Waals surface area contributed by atoms with Crippen molar-refractivity contribution in [1.82, 2.24) is 9.97 Å². The lowest BCUT2D eigenvalue weighted by Crippen LogP contribution is -1.95. The van der Waals surface area contributed by atoms with Gasteiger partial charge in [-0.1, -0.05) is 20.8 Å². The van der Waals surface area contributed by atoms with Crippen LogP contribution in [-0.4, -0.2) is 9.97 Å². The number of aryl methyl sites for hydroxylation is 1. The summed E-state index contributed by atoms with van der Waals surface area (Å²) in [7, 11) is 0. The van der Waals surface area contributed by atoms with Crippen molar-refractivity contribution in [3.05, 3.63) is 45.2 Å². The first-order chi connectivity index (χ1) is 10.7. The van der Waals surface area contributed by atoms with Crippen LogP contribution in [0.5, 0.6) is 0 Å². The summed E-state index contributed by atoms with van der Waals surface area (Å²) in [5.41, 5.74) is 4.10. The van der Waals surface area contributed by atoms with Crippen LogP contribution in [0.1, 0.15) is 90.5 Å². The molecule has 2 fully saturated rings. The molecule has 2 atom stereocenters. The molecule has 0 bridgehead atoms. The fraction of sp³-hybridized carbons (Fsp3) is 0.579. The molecule has 0 saturated heterocycles. The number of rotatable bonds is 5. The van der Waals surface area contributed by atoms with Crippen LogP contribution in [0.15, 0.2) is 18.3 Å². The van der Waals surface area contributed by atoms with Crippen LogP contribution in [0.4, 0.5) is 0 Å². The zero-order valence-electron chi connectivity index (χ0n) is 13.7. The maximum Gasteiger partial charge on any atom is 0.0962 e. The molecule has 2 heterocycles. The van der Waals surface area contributed by atoms with Gasteiger partial charge in [-0.05, 0) is 55.2 Å². The fourth-order valence-corrected chi connectivity index (χ4v) is 4.55. The largest absolute Gasteiger partial charge is 0.261 e. The molecule has 116 valence electrons. The lowest BCUT2D eigenvalue weighted by atomic mass is 10.0. The third kappa shape index (κ3) is 2.60. The number of pyridine rings is 1.